The van der Waals surface area contributed by atoms with Gasteiger partial charge in [0.2, 0.25) is 10.0 Å². The third-order valence-electron chi connectivity index (χ3n) is 3.12. The zero-order valence-corrected chi connectivity index (χ0v) is 12.1. The monoisotopic (exact) mass is 305 g/mol. The summed E-state index contributed by atoms with van der Waals surface area (Å²) in [5, 5.41) is 9.75. The summed E-state index contributed by atoms with van der Waals surface area (Å²) in [6, 6.07) is 2.98. The molecule has 2 rings (SSSR count). The van der Waals surface area contributed by atoms with Crippen molar-refractivity contribution >= 4 is 27.3 Å². The summed E-state index contributed by atoms with van der Waals surface area (Å²) in [7, 11) is -3.54. The maximum absolute atomic E-state index is 12.2. The lowest BCUT2D eigenvalue weighted by atomic mass is 10.2. The van der Waals surface area contributed by atoms with Gasteiger partial charge in [-0.15, -0.1) is 0 Å². The van der Waals surface area contributed by atoms with Gasteiger partial charge in [0, 0.05) is 18.2 Å². The summed E-state index contributed by atoms with van der Waals surface area (Å²) in [5.41, 5.74) is 0.647. The molecule has 5 nitrogen and oxygen atoms in total. The van der Waals surface area contributed by atoms with Crippen LogP contribution in [0, 0.1) is 6.92 Å². The first kappa shape index (κ1) is 14.4. The highest BCUT2D eigenvalue weighted by Gasteiger charge is 2.28. The van der Waals surface area contributed by atoms with E-state index in [-0.39, 0.29) is 11.4 Å². The van der Waals surface area contributed by atoms with Gasteiger partial charge in [-0.3, -0.25) is 4.72 Å². The minimum atomic E-state index is -3.54. The van der Waals surface area contributed by atoms with Crippen molar-refractivity contribution in [2.24, 2.45) is 0 Å². The van der Waals surface area contributed by atoms with Crippen LogP contribution in [-0.2, 0) is 14.8 Å². The van der Waals surface area contributed by atoms with Crippen LogP contribution in [0.5, 0.6) is 5.75 Å². The van der Waals surface area contributed by atoms with E-state index in [1.54, 1.807) is 13.0 Å². The first-order valence-corrected chi connectivity index (χ1v) is 7.91. The van der Waals surface area contributed by atoms with Gasteiger partial charge in [-0.2, -0.15) is 0 Å². The number of hydrogen-bond donors (Lipinski definition) is 2. The van der Waals surface area contributed by atoms with Gasteiger partial charge in [0.05, 0.1) is 10.9 Å². The molecule has 0 radical (unpaired) electrons. The largest absolute Gasteiger partial charge is 0.505 e. The van der Waals surface area contributed by atoms with Crippen molar-refractivity contribution in [3.05, 3.63) is 22.7 Å². The Morgan fingerprint density at radius 1 is 1.37 bits per heavy atom. The fourth-order valence-electron chi connectivity index (χ4n) is 2.04. The maximum Gasteiger partial charge on any atom is 0.235 e. The molecule has 0 unspecified atom stereocenters. The maximum atomic E-state index is 12.2. The van der Waals surface area contributed by atoms with Crippen LogP contribution in [-0.4, -0.2) is 32.0 Å². The molecule has 0 spiro atoms. The van der Waals surface area contributed by atoms with Crippen molar-refractivity contribution in [1.29, 1.82) is 0 Å². The topological polar surface area (TPSA) is 75.6 Å². The third-order valence-corrected chi connectivity index (χ3v) is 5.20. The Morgan fingerprint density at radius 3 is 2.63 bits per heavy atom. The molecule has 1 aliphatic heterocycles. The second kappa shape index (κ2) is 5.56. The van der Waals surface area contributed by atoms with Gasteiger partial charge in [-0.25, -0.2) is 8.42 Å². The first-order chi connectivity index (χ1) is 8.90. The molecule has 1 aromatic carbocycles. The molecule has 1 fully saturated rings. The number of rotatable bonds is 3. The zero-order valence-electron chi connectivity index (χ0n) is 10.5. The van der Waals surface area contributed by atoms with E-state index in [1.165, 1.54) is 6.07 Å². The quantitative estimate of drug-likeness (QED) is 0.840. The summed E-state index contributed by atoms with van der Waals surface area (Å²) >= 11 is 5.87. The van der Waals surface area contributed by atoms with E-state index >= 15 is 0 Å². The molecule has 1 saturated heterocycles. The van der Waals surface area contributed by atoms with Gasteiger partial charge < -0.3 is 9.84 Å². The molecule has 106 valence electrons. The highest BCUT2D eigenvalue weighted by atomic mass is 35.5. The Labute approximate surface area is 117 Å². The fourth-order valence-corrected chi connectivity index (χ4v) is 3.75. The van der Waals surface area contributed by atoms with Crippen LogP contribution in [0.25, 0.3) is 0 Å². The average molecular weight is 306 g/mol. The number of benzene rings is 1. The number of sulfonamides is 1. The standard InChI is InChI=1S/C12H16ClNO4S/c1-8-6-9(13)7-11(12(8)15)14-19(16,17)10-2-4-18-5-3-10/h6-7,10,14-15H,2-5H2,1H3. The molecule has 1 aliphatic rings. The van der Waals surface area contributed by atoms with E-state index in [1.807, 2.05) is 0 Å². The van der Waals surface area contributed by atoms with Gasteiger partial charge in [0.1, 0.15) is 5.75 Å². The molecule has 0 aromatic heterocycles. The first-order valence-electron chi connectivity index (χ1n) is 5.98. The molecule has 0 bridgehead atoms. The number of aryl methyl sites for hydroxylation is 1. The fraction of sp³-hybridized carbons (Fsp3) is 0.500. The van der Waals surface area contributed by atoms with Crippen molar-refractivity contribution in [2.45, 2.75) is 25.0 Å². The molecule has 1 aromatic rings. The van der Waals surface area contributed by atoms with Gasteiger partial charge >= 0.3 is 0 Å². The Hall–Kier alpha value is -0.980. The molecule has 0 saturated carbocycles. The SMILES string of the molecule is Cc1cc(Cl)cc(NS(=O)(=O)C2CCOCC2)c1O. The second-order valence-corrected chi connectivity index (χ2v) is 6.97. The molecule has 0 aliphatic carbocycles. The number of phenolic OH excluding ortho intramolecular Hbond substituents is 1. The lowest BCUT2D eigenvalue weighted by Gasteiger charge is -2.23. The molecule has 7 heteroatoms. The van der Waals surface area contributed by atoms with Gasteiger partial charge in [-0.05, 0) is 37.5 Å². The van der Waals surface area contributed by atoms with Crippen molar-refractivity contribution in [3.8, 4) is 5.75 Å². The predicted molar refractivity (Wildman–Crippen MR) is 74.2 cm³/mol. The molecule has 0 amide bonds. The molecule has 2 N–H and O–H groups in total. The van der Waals surface area contributed by atoms with Crippen LogP contribution >= 0.6 is 11.6 Å². The van der Waals surface area contributed by atoms with E-state index in [0.29, 0.717) is 36.6 Å². The van der Waals surface area contributed by atoms with E-state index < -0.39 is 15.3 Å². The minimum absolute atomic E-state index is 0.0972. The zero-order chi connectivity index (χ0) is 14.0. The molecule has 19 heavy (non-hydrogen) atoms. The van der Waals surface area contributed by atoms with Crippen LogP contribution in [0.15, 0.2) is 12.1 Å². The normalized spacial score (nSPS) is 17.4. The molecule has 1 heterocycles. The summed E-state index contributed by atoms with van der Waals surface area (Å²) in [6.07, 6.45) is 0.908. The third kappa shape index (κ3) is 3.32. The van der Waals surface area contributed by atoms with Gasteiger partial charge in [0.25, 0.3) is 0 Å². The van der Waals surface area contributed by atoms with Crippen LogP contribution in [0.3, 0.4) is 0 Å². The minimum Gasteiger partial charge on any atom is -0.505 e. The summed E-state index contributed by atoms with van der Waals surface area (Å²) in [5.74, 6) is -0.0972. The van der Waals surface area contributed by atoms with Gasteiger partial charge in [0.15, 0.2) is 0 Å². The highest BCUT2D eigenvalue weighted by molar-refractivity contribution is 7.93. The van der Waals surface area contributed by atoms with Gasteiger partial charge in [-0.1, -0.05) is 11.6 Å². The van der Waals surface area contributed by atoms with Crippen LogP contribution in [0.1, 0.15) is 18.4 Å². The van der Waals surface area contributed by atoms with E-state index in [9.17, 15) is 13.5 Å². The van der Waals surface area contributed by atoms with Crippen molar-refractivity contribution in [3.63, 3.8) is 0 Å². The number of aromatic hydroxyl groups is 1. The smallest absolute Gasteiger partial charge is 0.235 e. The Kier molecular flexibility index (Phi) is 4.23. The number of phenols is 1. The second-order valence-electron chi connectivity index (χ2n) is 4.58. The van der Waals surface area contributed by atoms with Crippen molar-refractivity contribution in [1.82, 2.24) is 0 Å². The average Bonchev–Trinajstić information content (AvgIpc) is 2.36. The lowest BCUT2D eigenvalue weighted by molar-refractivity contribution is 0.0984. The Bertz CT molecular complexity index is 567. The summed E-state index contributed by atoms with van der Waals surface area (Å²) in [4.78, 5) is 0. The highest BCUT2D eigenvalue weighted by Crippen LogP contribution is 2.32. The number of ether oxygens (including phenoxy) is 1. The van der Waals surface area contributed by atoms with Crippen molar-refractivity contribution in [2.75, 3.05) is 17.9 Å². The lowest BCUT2D eigenvalue weighted by Crippen LogP contribution is -2.33. The number of anilines is 1. The number of hydrogen-bond acceptors (Lipinski definition) is 4. The predicted octanol–water partition coefficient (Wildman–Crippen LogP) is 2.27. The van der Waals surface area contributed by atoms with Crippen molar-refractivity contribution < 1.29 is 18.3 Å². The summed E-state index contributed by atoms with van der Waals surface area (Å²) < 4.78 is 32.0. The summed E-state index contributed by atoms with van der Waals surface area (Å²) in [6.45, 7) is 2.53. The number of nitrogens with one attached hydrogen (secondary N) is 1. The van der Waals surface area contributed by atoms with E-state index in [4.69, 9.17) is 16.3 Å². The molecular weight excluding hydrogens is 290 g/mol. The van der Waals surface area contributed by atoms with E-state index in [0.717, 1.165) is 0 Å². The number of halogens is 1. The van der Waals surface area contributed by atoms with Crippen LogP contribution < -0.4 is 4.72 Å². The Balaban J connectivity index is 2.25. The van der Waals surface area contributed by atoms with E-state index in [2.05, 4.69) is 4.72 Å². The Morgan fingerprint density at radius 2 is 2.00 bits per heavy atom. The molecule has 0 atom stereocenters. The molecular formula is C12H16ClNO4S. The van der Waals surface area contributed by atoms with Crippen LogP contribution in [0.2, 0.25) is 5.02 Å². The van der Waals surface area contributed by atoms with Crippen LogP contribution in [0.4, 0.5) is 5.69 Å².